The molecular weight excluding hydrogens is 328 g/mol. The Kier molecular flexibility index (Phi) is 4.78. The van der Waals surface area contributed by atoms with Crippen molar-refractivity contribution < 1.29 is 4.79 Å². The molecule has 0 fully saturated rings. The molecule has 0 aliphatic carbocycles. The van der Waals surface area contributed by atoms with Crippen molar-refractivity contribution in [2.75, 3.05) is 11.9 Å². The SMILES string of the molecule is Cc1cc(C)n([C@@H](CNC(=O)Nc2cccs2)c2cccs2)n1. The van der Waals surface area contributed by atoms with Gasteiger partial charge < -0.3 is 5.32 Å². The van der Waals surface area contributed by atoms with Gasteiger partial charge in [-0.05, 0) is 48.9 Å². The lowest BCUT2D eigenvalue weighted by Gasteiger charge is -2.19. The van der Waals surface area contributed by atoms with Crippen LogP contribution in [0.3, 0.4) is 0 Å². The van der Waals surface area contributed by atoms with Crippen molar-refractivity contribution in [2.24, 2.45) is 0 Å². The monoisotopic (exact) mass is 346 g/mol. The van der Waals surface area contributed by atoms with E-state index in [4.69, 9.17) is 0 Å². The second kappa shape index (κ2) is 6.97. The lowest BCUT2D eigenvalue weighted by molar-refractivity contribution is 0.250. The van der Waals surface area contributed by atoms with Crippen molar-refractivity contribution in [1.29, 1.82) is 0 Å². The fraction of sp³-hybridized carbons (Fsp3) is 0.250. The highest BCUT2D eigenvalue weighted by Crippen LogP contribution is 2.24. The van der Waals surface area contributed by atoms with Crippen molar-refractivity contribution >= 4 is 33.7 Å². The van der Waals surface area contributed by atoms with Gasteiger partial charge in [-0.1, -0.05) is 6.07 Å². The van der Waals surface area contributed by atoms with E-state index in [0.717, 1.165) is 16.4 Å². The van der Waals surface area contributed by atoms with E-state index in [-0.39, 0.29) is 12.1 Å². The number of nitrogens with one attached hydrogen (secondary N) is 2. The van der Waals surface area contributed by atoms with E-state index < -0.39 is 0 Å². The predicted molar refractivity (Wildman–Crippen MR) is 95.5 cm³/mol. The third-order valence-corrected chi connectivity index (χ3v) is 5.18. The van der Waals surface area contributed by atoms with E-state index >= 15 is 0 Å². The zero-order chi connectivity index (χ0) is 16.2. The Hall–Kier alpha value is -2.12. The average molecular weight is 346 g/mol. The number of thiophene rings is 2. The fourth-order valence-corrected chi connectivity index (χ4v) is 3.87. The molecule has 3 rings (SSSR count). The number of rotatable bonds is 5. The number of carbonyl (C=O) groups is 1. The molecule has 3 aromatic heterocycles. The number of carbonyl (C=O) groups excluding carboxylic acids is 1. The van der Waals surface area contributed by atoms with E-state index in [1.807, 2.05) is 53.6 Å². The Morgan fingerprint density at radius 1 is 1.26 bits per heavy atom. The summed E-state index contributed by atoms with van der Waals surface area (Å²) in [5.74, 6) is 0. The molecule has 0 spiro atoms. The summed E-state index contributed by atoms with van der Waals surface area (Å²) in [6, 6.07) is 9.72. The maximum absolute atomic E-state index is 12.1. The minimum atomic E-state index is -0.199. The van der Waals surface area contributed by atoms with Crippen LogP contribution in [0, 0.1) is 13.8 Å². The third-order valence-electron chi connectivity index (χ3n) is 3.43. The smallest absolute Gasteiger partial charge is 0.319 e. The fourth-order valence-electron chi connectivity index (χ4n) is 2.45. The molecule has 3 aromatic rings. The number of hydrogen-bond acceptors (Lipinski definition) is 4. The van der Waals surface area contributed by atoms with Crippen LogP contribution in [0.2, 0.25) is 0 Å². The number of aromatic nitrogens is 2. The molecule has 0 aromatic carbocycles. The highest BCUT2D eigenvalue weighted by molar-refractivity contribution is 7.14. The summed E-state index contributed by atoms with van der Waals surface area (Å²) in [7, 11) is 0. The molecule has 0 saturated carbocycles. The second-order valence-electron chi connectivity index (χ2n) is 5.22. The number of nitrogens with zero attached hydrogens (tertiary/aromatic N) is 2. The molecule has 0 aliphatic rings. The van der Waals surface area contributed by atoms with Gasteiger partial charge in [-0.15, -0.1) is 22.7 Å². The first-order valence-corrected chi connectivity index (χ1v) is 9.04. The van der Waals surface area contributed by atoms with Gasteiger partial charge in [-0.3, -0.25) is 10.00 Å². The molecule has 0 saturated heterocycles. The van der Waals surface area contributed by atoms with Gasteiger partial charge in [0, 0.05) is 17.1 Å². The van der Waals surface area contributed by atoms with Crippen molar-refractivity contribution in [3.63, 3.8) is 0 Å². The normalized spacial score (nSPS) is 12.1. The van der Waals surface area contributed by atoms with Crippen molar-refractivity contribution in [3.05, 3.63) is 57.4 Å². The highest BCUT2D eigenvalue weighted by atomic mass is 32.1. The average Bonchev–Trinajstić information content (AvgIpc) is 3.23. The predicted octanol–water partition coefficient (Wildman–Crippen LogP) is 4.03. The maximum atomic E-state index is 12.1. The lowest BCUT2D eigenvalue weighted by Crippen LogP contribution is -2.34. The van der Waals surface area contributed by atoms with Crippen LogP contribution in [0.25, 0.3) is 0 Å². The van der Waals surface area contributed by atoms with Crippen LogP contribution in [0.1, 0.15) is 22.3 Å². The summed E-state index contributed by atoms with van der Waals surface area (Å²) in [4.78, 5) is 13.2. The summed E-state index contributed by atoms with van der Waals surface area (Å²) in [6.45, 7) is 4.50. The molecule has 5 nitrogen and oxygen atoms in total. The van der Waals surface area contributed by atoms with Crippen LogP contribution in [-0.4, -0.2) is 22.4 Å². The van der Waals surface area contributed by atoms with Gasteiger partial charge in [-0.25, -0.2) is 4.79 Å². The topological polar surface area (TPSA) is 59.0 Å². The van der Waals surface area contributed by atoms with Crippen LogP contribution in [0.5, 0.6) is 0 Å². The molecule has 3 heterocycles. The van der Waals surface area contributed by atoms with Crippen molar-refractivity contribution in [2.45, 2.75) is 19.9 Å². The van der Waals surface area contributed by atoms with Crippen LogP contribution < -0.4 is 10.6 Å². The molecule has 23 heavy (non-hydrogen) atoms. The van der Waals surface area contributed by atoms with Gasteiger partial charge in [0.15, 0.2) is 0 Å². The first-order valence-electron chi connectivity index (χ1n) is 7.28. The molecule has 2 N–H and O–H groups in total. The van der Waals surface area contributed by atoms with E-state index in [1.54, 1.807) is 11.3 Å². The van der Waals surface area contributed by atoms with Crippen LogP contribution in [0.4, 0.5) is 9.80 Å². The zero-order valence-electron chi connectivity index (χ0n) is 12.9. The first kappa shape index (κ1) is 15.8. The van der Waals surface area contributed by atoms with E-state index in [9.17, 15) is 4.79 Å². The van der Waals surface area contributed by atoms with Gasteiger partial charge in [-0.2, -0.15) is 5.10 Å². The minimum Gasteiger partial charge on any atom is -0.335 e. The van der Waals surface area contributed by atoms with E-state index in [1.165, 1.54) is 16.2 Å². The number of anilines is 1. The second-order valence-corrected chi connectivity index (χ2v) is 7.14. The van der Waals surface area contributed by atoms with Crippen LogP contribution in [-0.2, 0) is 0 Å². The summed E-state index contributed by atoms with van der Waals surface area (Å²) in [5, 5.41) is 15.2. The Balaban J connectivity index is 1.72. The first-order chi connectivity index (χ1) is 11.1. The summed E-state index contributed by atoms with van der Waals surface area (Å²) < 4.78 is 1.98. The Morgan fingerprint density at radius 3 is 2.65 bits per heavy atom. The van der Waals surface area contributed by atoms with Gasteiger partial charge in [0.1, 0.15) is 6.04 Å². The Labute approximate surface area is 143 Å². The number of aryl methyl sites for hydroxylation is 2. The Bertz CT molecular complexity index is 762. The van der Waals surface area contributed by atoms with Gasteiger partial charge in [0.25, 0.3) is 0 Å². The molecule has 0 radical (unpaired) electrons. The van der Waals surface area contributed by atoms with Crippen LogP contribution in [0.15, 0.2) is 41.1 Å². The Morgan fingerprint density at radius 2 is 2.04 bits per heavy atom. The van der Waals surface area contributed by atoms with Gasteiger partial charge in [0.2, 0.25) is 0 Å². The summed E-state index contributed by atoms with van der Waals surface area (Å²) in [5.41, 5.74) is 2.06. The van der Waals surface area contributed by atoms with Crippen molar-refractivity contribution in [1.82, 2.24) is 15.1 Å². The van der Waals surface area contributed by atoms with E-state index in [2.05, 4.69) is 21.8 Å². The molecule has 0 unspecified atom stereocenters. The molecular formula is C16H18N4OS2. The maximum Gasteiger partial charge on any atom is 0.319 e. The molecule has 7 heteroatoms. The highest BCUT2D eigenvalue weighted by Gasteiger charge is 2.19. The summed E-state index contributed by atoms with van der Waals surface area (Å²) >= 11 is 3.17. The quantitative estimate of drug-likeness (QED) is 0.733. The van der Waals surface area contributed by atoms with Crippen molar-refractivity contribution in [3.8, 4) is 0 Å². The standard InChI is InChI=1S/C16H18N4OS2/c1-11-9-12(2)20(19-11)13(14-5-3-7-22-14)10-17-16(21)18-15-6-4-8-23-15/h3-9,13H,10H2,1-2H3,(H2,17,18,21)/t13-/m0/s1. The number of urea groups is 1. The molecule has 0 aliphatic heterocycles. The summed E-state index contributed by atoms with van der Waals surface area (Å²) in [6.07, 6.45) is 0. The molecule has 0 bridgehead atoms. The molecule has 1 atom stereocenters. The molecule has 2 amide bonds. The molecule has 120 valence electrons. The zero-order valence-corrected chi connectivity index (χ0v) is 14.6. The number of amides is 2. The van der Waals surface area contributed by atoms with Gasteiger partial charge in [0.05, 0.1) is 10.7 Å². The number of hydrogen-bond donors (Lipinski definition) is 2. The lowest BCUT2D eigenvalue weighted by atomic mass is 10.2. The van der Waals surface area contributed by atoms with Crippen LogP contribution >= 0.6 is 22.7 Å². The minimum absolute atomic E-state index is 0.00205. The third kappa shape index (κ3) is 3.80. The largest absolute Gasteiger partial charge is 0.335 e. The van der Waals surface area contributed by atoms with E-state index in [0.29, 0.717) is 6.54 Å². The van der Waals surface area contributed by atoms with Gasteiger partial charge >= 0.3 is 6.03 Å².